The zero-order chi connectivity index (χ0) is 23.9. The summed E-state index contributed by atoms with van der Waals surface area (Å²) in [6.07, 6.45) is 0.0896. The number of rotatable bonds is 10. The van der Waals surface area contributed by atoms with Crippen LogP contribution in [0.15, 0.2) is 83.7 Å². The monoisotopic (exact) mass is 458 g/mol. The number of hydrogen-bond donors (Lipinski definition) is 3. The predicted molar refractivity (Wildman–Crippen MR) is 134 cm³/mol. The molecule has 2 atom stereocenters. The number of aromatic amines is 1. The molecule has 0 amide bonds. The molecule has 0 bridgehead atoms. The van der Waals surface area contributed by atoms with Crippen molar-refractivity contribution in [2.75, 3.05) is 13.7 Å². The Kier molecular flexibility index (Phi) is 7.62. The minimum Gasteiger partial charge on any atom is -0.497 e. The molecule has 0 aliphatic rings. The van der Waals surface area contributed by atoms with E-state index in [0.29, 0.717) is 24.4 Å². The molecule has 2 unspecified atom stereocenters. The first-order valence-electron chi connectivity index (χ1n) is 11.4. The van der Waals surface area contributed by atoms with Crippen molar-refractivity contribution in [3.05, 3.63) is 106 Å². The number of hydrogen-bond acceptors (Lipinski definition) is 5. The average Bonchev–Trinajstić information content (AvgIpc) is 2.87. The van der Waals surface area contributed by atoms with E-state index in [1.165, 1.54) is 11.6 Å². The number of aliphatic hydroxyl groups excluding tert-OH is 1. The molecule has 0 aliphatic carbocycles. The van der Waals surface area contributed by atoms with Gasteiger partial charge in [0.25, 0.3) is 0 Å². The van der Waals surface area contributed by atoms with Gasteiger partial charge in [-0.1, -0.05) is 48.5 Å². The molecule has 3 aromatic carbocycles. The van der Waals surface area contributed by atoms with E-state index in [1.54, 1.807) is 19.2 Å². The van der Waals surface area contributed by atoms with Gasteiger partial charge in [0.05, 0.1) is 18.7 Å². The molecule has 6 heteroatoms. The molecule has 0 saturated heterocycles. The van der Waals surface area contributed by atoms with Crippen molar-refractivity contribution < 1.29 is 14.6 Å². The standard InChI is InChI=1S/C28H30N2O4/c1-19(16-20-8-10-22(33-2)11-9-20)29-17-25(31)23-12-14-26(28-24(23)13-15-27(32)30-28)34-18-21-6-4-3-5-7-21/h3-15,19,25,29,31H,16-18H2,1-2H3,(H,30,32). The van der Waals surface area contributed by atoms with Gasteiger partial charge >= 0.3 is 0 Å². The Hall–Kier alpha value is -3.61. The normalized spacial score (nSPS) is 12.9. The summed E-state index contributed by atoms with van der Waals surface area (Å²) in [5, 5.41) is 15.1. The zero-order valence-corrected chi connectivity index (χ0v) is 19.5. The van der Waals surface area contributed by atoms with Crippen molar-refractivity contribution in [2.45, 2.75) is 32.1 Å². The van der Waals surface area contributed by atoms with E-state index in [9.17, 15) is 9.90 Å². The van der Waals surface area contributed by atoms with E-state index in [-0.39, 0.29) is 11.6 Å². The van der Waals surface area contributed by atoms with E-state index in [4.69, 9.17) is 9.47 Å². The second-order valence-electron chi connectivity index (χ2n) is 8.42. The number of ether oxygens (including phenoxy) is 2. The van der Waals surface area contributed by atoms with Crippen molar-refractivity contribution in [1.29, 1.82) is 0 Å². The molecule has 4 rings (SSSR count). The fourth-order valence-corrected chi connectivity index (χ4v) is 4.00. The van der Waals surface area contributed by atoms with Crippen molar-refractivity contribution in [3.63, 3.8) is 0 Å². The highest BCUT2D eigenvalue weighted by atomic mass is 16.5. The first-order valence-corrected chi connectivity index (χ1v) is 11.4. The van der Waals surface area contributed by atoms with Crippen LogP contribution in [0.5, 0.6) is 11.5 Å². The summed E-state index contributed by atoms with van der Waals surface area (Å²) in [6, 6.07) is 24.9. The summed E-state index contributed by atoms with van der Waals surface area (Å²) in [7, 11) is 1.65. The van der Waals surface area contributed by atoms with Crippen LogP contribution >= 0.6 is 0 Å². The van der Waals surface area contributed by atoms with E-state index in [2.05, 4.69) is 17.2 Å². The van der Waals surface area contributed by atoms with Crippen LogP contribution in [0.2, 0.25) is 0 Å². The molecular weight excluding hydrogens is 428 g/mol. The molecule has 176 valence electrons. The van der Waals surface area contributed by atoms with E-state index in [1.807, 2.05) is 60.7 Å². The molecule has 4 aromatic rings. The number of benzene rings is 3. The second kappa shape index (κ2) is 11.0. The van der Waals surface area contributed by atoms with Gasteiger partial charge in [-0.15, -0.1) is 0 Å². The first kappa shape index (κ1) is 23.5. The number of pyridine rings is 1. The smallest absolute Gasteiger partial charge is 0.248 e. The van der Waals surface area contributed by atoms with Crippen LogP contribution in [-0.2, 0) is 13.0 Å². The first-order chi connectivity index (χ1) is 16.5. The number of fused-ring (bicyclic) bond motifs is 1. The highest BCUT2D eigenvalue weighted by Gasteiger charge is 2.16. The highest BCUT2D eigenvalue weighted by Crippen LogP contribution is 2.30. The maximum atomic E-state index is 12.0. The van der Waals surface area contributed by atoms with Crippen LogP contribution in [0.1, 0.15) is 29.7 Å². The molecule has 0 radical (unpaired) electrons. The summed E-state index contributed by atoms with van der Waals surface area (Å²) in [6.45, 7) is 2.86. The quantitative estimate of drug-likeness (QED) is 0.329. The number of aliphatic hydroxyl groups is 1. The zero-order valence-electron chi connectivity index (χ0n) is 19.5. The van der Waals surface area contributed by atoms with Gasteiger partial charge in [-0.3, -0.25) is 4.79 Å². The topological polar surface area (TPSA) is 83.6 Å². The summed E-state index contributed by atoms with van der Waals surface area (Å²) >= 11 is 0. The summed E-state index contributed by atoms with van der Waals surface area (Å²) in [4.78, 5) is 14.9. The van der Waals surface area contributed by atoms with Gasteiger partial charge < -0.3 is 24.9 Å². The van der Waals surface area contributed by atoms with Gasteiger partial charge in [0.2, 0.25) is 5.56 Å². The molecule has 0 spiro atoms. The predicted octanol–water partition coefficient (Wildman–Crippen LogP) is 4.37. The van der Waals surface area contributed by atoms with Crippen LogP contribution in [0.4, 0.5) is 0 Å². The Balaban J connectivity index is 1.45. The maximum Gasteiger partial charge on any atom is 0.248 e. The number of aromatic nitrogens is 1. The average molecular weight is 459 g/mol. The van der Waals surface area contributed by atoms with Crippen LogP contribution < -0.4 is 20.3 Å². The highest BCUT2D eigenvalue weighted by molar-refractivity contribution is 5.87. The van der Waals surface area contributed by atoms with Crippen LogP contribution in [-0.4, -0.2) is 29.8 Å². The lowest BCUT2D eigenvalue weighted by Gasteiger charge is -2.20. The van der Waals surface area contributed by atoms with Crippen LogP contribution in [0.25, 0.3) is 10.9 Å². The lowest BCUT2D eigenvalue weighted by atomic mass is 10.0. The molecule has 0 aliphatic heterocycles. The van der Waals surface area contributed by atoms with Gasteiger partial charge in [0, 0.05) is 24.0 Å². The minimum absolute atomic E-state index is 0.169. The summed E-state index contributed by atoms with van der Waals surface area (Å²) in [5.74, 6) is 1.41. The third-order valence-electron chi connectivity index (χ3n) is 5.85. The fraction of sp³-hybridized carbons (Fsp3) is 0.250. The van der Waals surface area contributed by atoms with Crippen LogP contribution in [0, 0.1) is 0 Å². The molecule has 34 heavy (non-hydrogen) atoms. The minimum atomic E-state index is -0.741. The lowest BCUT2D eigenvalue weighted by Crippen LogP contribution is -2.32. The number of nitrogens with one attached hydrogen (secondary N) is 2. The molecule has 1 heterocycles. The van der Waals surface area contributed by atoms with Gasteiger partial charge in [-0.05, 0) is 54.3 Å². The fourth-order valence-electron chi connectivity index (χ4n) is 4.00. The van der Waals surface area contributed by atoms with Crippen molar-refractivity contribution in [2.24, 2.45) is 0 Å². The van der Waals surface area contributed by atoms with Crippen LogP contribution in [0.3, 0.4) is 0 Å². The van der Waals surface area contributed by atoms with Gasteiger partial charge in [0.1, 0.15) is 18.1 Å². The summed E-state index contributed by atoms with van der Waals surface area (Å²) in [5.41, 5.74) is 3.34. The van der Waals surface area contributed by atoms with E-state index >= 15 is 0 Å². The van der Waals surface area contributed by atoms with Gasteiger partial charge in [0.15, 0.2) is 0 Å². The third kappa shape index (κ3) is 5.84. The Bertz CT molecular complexity index is 1270. The molecule has 6 nitrogen and oxygen atoms in total. The second-order valence-corrected chi connectivity index (χ2v) is 8.42. The van der Waals surface area contributed by atoms with Crippen molar-refractivity contribution >= 4 is 10.9 Å². The van der Waals surface area contributed by atoms with Crippen molar-refractivity contribution in [1.82, 2.24) is 10.3 Å². The molecule has 3 N–H and O–H groups in total. The SMILES string of the molecule is COc1ccc(CC(C)NCC(O)c2ccc(OCc3ccccc3)c3[nH]c(=O)ccc23)cc1. The Labute approximate surface area is 199 Å². The van der Waals surface area contributed by atoms with Crippen molar-refractivity contribution in [3.8, 4) is 11.5 Å². The molecule has 1 aromatic heterocycles. The Morgan fingerprint density at radius 1 is 0.941 bits per heavy atom. The molecular formula is C28H30N2O4. The molecule has 0 fully saturated rings. The Morgan fingerprint density at radius 3 is 2.44 bits per heavy atom. The number of methoxy groups -OCH3 is 1. The lowest BCUT2D eigenvalue weighted by molar-refractivity contribution is 0.172. The van der Waals surface area contributed by atoms with Gasteiger partial charge in [-0.2, -0.15) is 0 Å². The molecule has 0 saturated carbocycles. The van der Waals surface area contributed by atoms with E-state index < -0.39 is 6.10 Å². The number of H-pyrrole nitrogens is 1. The summed E-state index contributed by atoms with van der Waals surface area (Å²) < 4.78 is 11.2. The third-order valence-corrected chi connectivity index (χ3v) is 5.85. The largest absolute Gasteiger partial charge is 0.497 e. The van der Waals surface area contributed by atoms with E-state index in [0.717, 1.165) is 28.7 Å². The van der Waals surface area contributed by atoms with Gasteiger partial charge in [-0.25, -0.2) is 0 Å². The Morgan fingerprint density at radius 2 is 1.71 bits per heavy atom. The maximum absolute atomic E-state index is 12.0.